The Labute approximate surface area is 134 Å². The number of nitrogens with one attached hydrogen (secondary N) is 1. The maximum atomic E-state index is 6.48. The highest BCUT2D eigenvalue weighted by molar-refractivity contribution is 6.31. The molecule has 2 rings (SSSR count). The third-order valence-corrected chi connectivity index (χ3v) is 4.33. The molecule has 1 aromatic carbocycles. The number of nitrogens with zero attached hydrogens (tertiary/aromatic N) is 1. The van der Waals surface area contributed by atoms with Crippen LogP contribution in [0.4, 0.5) is 5.69 Å². The number of anilines is 1. The second-order valence-corrected chi connectivity index (χ2v) is 6.99. The Hall–Kier alpha value is -0.730. The lowest BCUT2D eigenvalue weighted by molar-refractivity contribution is 0.552. The molecule has 3 heteroatoms. The fourth-order valence-electron chi connectivity index (χ4n) is 2.59. The summed E-state index contributed by atoms with van der Waals surface area (Å²) in [4.78, 5) is 2.54. The van der Waals surface area contributed by atoms with E-state index in [4.69, 9.17) is 11.6 Å². The zero-order valence-corrected chi connectivity index (χ0v) is 14.4. The molecule has 1 aromatic rings. The van der Waals surface area contributed by atoms with Crippen LogP contribution in [-0.2, 0) is 6.54 Å². The summed E-state index contributed by atoms with van der Waals surface area (Å²) in [7, 11) is 0. The Bertz CT molecular complexity index is 441. The third kappa shape index (κ3) is 5.19. The van der Waals surface area contributed by atoms with Gasteiger partial charge in [-0.1, -0.05) is 44.9 Å². The largest absolute Gasteiger partial charge is 0.369 e. The summed E-state index contributed by atoms with van der Waals surface area (Å²) < 4.78 is 0. The van der Waals surface area contributed by atoms with Crippen LogP contribution >= 0.6 is 11.6 Å². The Balaban J connectivity index is 1.99. The van der Waals surface area contributed by atoms with Gasteiger partial charge in [0.15, 0.2) is 0 Å². The highest BCUT2D eigenvalue weighted by Crippen LogP contribution is 2.33. The molecule has 0 aliphatic heterocycles. The molecule has 1 fully saturated rings. The maximum Gasteiger partial charge on any atom is 0.0471 e. The lowest BCUT2D eigenvalue weighted by Crippen LogP contribution is -2.26. The second kappa shape index (κ2) is 8.05. The number of hydrogen-bond acceptors (Lipinski definition) is 2. The maximum absolute atomic E-state index is 6.48. The lowest BCUT2D eigenvalue weighted by Gasteiger charge is -2.25. The molecular weight excluding hydrogens is 280 g/mol. The second-order valence-electron chi connectivity index (χ2n) is 6.58. The van der Waals surface area contributed by atoms with Crippen LogP contribution in [0.25, 0.3) is 0 Å². The molecule has 0 aromatic heterocycles. The molecule has 21 heavy (non-hydrogen) atoms. The first-order chi connectivity index (χ1) is 10.1. The van der Waals surface area contributed by atoms with Crippen molar-refractivity contribution in [1.82, 2.24) is 5.32 Å². The molecule has 0 radical (unpaired) electrons. The van der Waals surface area contributed by atoms with Gasteiger partial charge in [0.1, 0.15) is 0 Å². The molecule has 0 amide bonds. The standard InChI is InChI=1S/C18H29ClN2/c1-4-5-10-21(16-8-9-16)17-7-6-15(18(19)11-17)13-20-12-14(2)3/h6-7,11,14,16,20H,4-5,8-10,12-13H2,1-3H3. The summed E-state index contributed by atoms with van der Waals surface area (Å²) in [5.41, 5.74) is 2.50. The van der Waals surface area contributed by atoms with E-state index in [0.717, 1.165) is 30.7 Å². The van der Waals surface area contributed by atoms with E-state index in [-0.39, 0.29) is 0 Å². The molecule has 0 heterocycles. The van der Waals surface area contributed by atoms with Crippen molar-refractivity contribution in [3.63, 3.8) is 0 Å². The van der Waals surface area contributed by atoms with Gasteiger partial charge in [0.2, 0.25) is 0 Å². The molecule has 1 aliphatic carbocycles. The third-order valence-electron chi connectivity index (χ3n) is 3.98. The van der Waals surface area contributed by atoms with Crippen molar-refractivity contribution in [1.29, 1.82) is 0 Å². The van der Waals surface area contributed by atoms with Crippen LogP contribution in [0, 0.1) is 5.92 Å². The number of halogens is 1. The predicted octanol–water partition coefficient (Wildman–Crippen LogP) is 4.85. The Morgan fingerprint density at radius 2 is 2.10 bits per heavy atom. The summed E-state index contributed by atoms with van der Waals surface area (Å²) in [6.45, 7) is 9.74. The molecular formula is C18H29ClN2. The first-order valence-electron chi connectivity index (χ1n) is 8.37. The van der Waals surface area contributed by atoms with Gasteiger partial charge < -0.3 is 10.2 Å². The van der Waals surface area contributed by atoms with E-state index >= 15 is 0 Å². The molecule has 0 atom stereocenters. The van der Waals surface area contributed by atoms with Crippen LogP contribution in [-0.4, -0.2) is 19.1 Å². The highest BCUT2D eigenvalue weighted by atomic mass is 35.5. The summed E-state index contributed by atoms with van der Waals surface area (Å²) in [6.07, 6.45) is 5.16. The number of benzene rings is 1. The highest BCUT2D eigenvalue weighted by Gasteiger charge is 2.28. The van der Waals surface area contributed by atoms with Crippen LogP contribution in [0.2, 0.25) is 5.02 Å². The van der Waals surface area contributed by atoms with Gasteiger partial charge in [-0.25, -0.2) is 0 Å². The van der Waals surface area contributed by atoms with Crippen LogP contribution in [0.1, 0.15) is 52.0 Å². The van der Waals surface area contributed by atoms with Crippen LogP contribution < -0.4 is 10.2 Å². The normalized spacial score (nSPS) is 14.7. The predicted molar refractivity (Wildman–Crippen MR) is 93.3 cm³/mol. The SMILES string of the molecule is CCCCN(c1ccc(CNCC(C)C)c(Cl)c1)C1CC1. The lowest BCUT2D eigenvalue weighted by atomic mass is 10.1. The Kier molecular flexibility index (Phi) is 6.38. The molecule has 2 nitrogen and oxygen atoms in total. The molecule has 1 aliphatic rings. The van der Waals surface area contributed by atoms with Crippen molar-refractivity contribution >= 4 is 17.3 Å². The number of rotatable bonds is 9. The zero-order chi connectivity index (χ0) is 15.2. The van der Waals surface area contributed by atoms with Crippen molar-refractivity contribution in [2.45, 2.75) is 59.0 Å². The molecule has 1 saturated carbocycles. The minimum absolute atomic E-state index is 0.669. The van der Waals surface area contributed by atoms with Gasteiger partial charge in [0.25, 0.3) is 0 Å². The Morgan fingerprint density at radius 3 is 2.67 bits per heavy atom. The van der Waals surface area contributed by atoms with Gasteiger partial charge in [-0.15, -0.1) is 0 Å². The quantitative estimate of drug-likeness (QED) is 0.701. The van der Waals surface area contributed by atoms with Gasteiger partial charge in [0, 0.05) is 29.8 Å². The number of unbranched alkanes of at least 4 members (excludes halogenated alkanes) is 1. The fourth-order valence-corrected chi connectivity index (χ4v) is 2.83. The minimum atomic E-state index is 0.669. The van der Waals surface area contributed by atoms with Crippen molar-refractivity contribution in [3.05, 3.63) is 28.8 Å². The first-order valence-corrected chi connectivity index (χ1v) is 8.75. The van der Waals surface area contributed by atoms with Gasteiger partial charge in [-0.05, 0) is 49.4 Å². The Morgan fingerprint density at radius 1 is 1.33 bits per heavy atom. The average molecular weight is 309 g/mol. The number of hydrogen-bond donors (Lipinski definition) is 1. The summed E-state index contributed by atoms with van der Waals surface area (Å²) in [5.74, 6) is 0.669. The monoisotopic (exact) mass is 308 g/mol. The van der Waals surface area contributed by atoms with E-state index in [0.29, 0.717) is 5.92 Å². The van der Waals surface area contributed by atoms with E-state index < -0.39 is 0 Å². The minimum Gasteiger partial charge on any atom is -0.369 e. The van der Waals surface area contributed by atoms with E-state index in [1.807, 2.05) is 0 Å². The summed E-state index contributed by atoms with van der Waals surface area (Å²) in [5, 5.41) is 4.36. The van der Waals surface area contributed by atoms with E-state index in [2.05, 4.69) is 49.2 Å². The van der Waals surface area contributed by atoms with Gasteiger partial charge in [-0.3, -0.25) is 0 Å². The van der Waals surface area contributed by atoms with Gasteiger partial charge >= 0.3 is 0 Å². The molecule has 0 spiro atoms. The average Bonchev–Trinajstić information content (AvgIpc) is 3.26. The van der Waals surface area contributed by atoms with Crippen LogP contribution in [0.15, 0.2) is 18.2 Å². The van der Waals surface area contributed by atoms with Crippen molar-refractivity contribution < 1.29 is 0 Å². The van der Waals surface area contributed by atoms with Crippen molar-refractivity contribution in [3.8, 4) is 0 Å². The van der Waals surface area contributed by atoms with Gasteiger partial charge in [0.05, 0.1) is 0 Å². The molecule has 0 saturated heterocycles. The van der Waals surface area contributed by atoms with E-state index in [9.17, 15) is 0 Å². The van der Waals surface area contributed by atoms with Crippen LogP contribution in [0.5, 0.6) is 0 Å². The molecule has 1 N–H and O–H groups in total. The van der Waals surface area contributed by atoms with E-state index in [1.165, 1.54) is 36.9 Å². The topological polar surface area (TPSA) is 15.3 Å². The van der Waals surface area contributed by atoms with E-state index in [1.54, 1.807) is 0 Å². The van der Waals surface area contributed by atoms with Crippen molar-refractivity contribution in [2.75, 3.05) is 18.0 Å². The molecule has 118 valence electrons. The molecule has 0 bridgehead atoms. The fraction of sp³-hybridized carbons (Fsp3) is 0.667. The summed E-state index contributed by atoms with van der Waals surface area (Å²) >= 11 is 6.48. The summed E-state index contributed by atoms with van der Waals surface area (Å²) in [6, 6.07) is 7.33. The van der Waals surface area contributed by atoms with Gasteiger partial charge in [-0.2, -0.15) is 0 Å². The smallest absolute Gasteiger partial charge is 0.0471 e. The first kappa shape index (κ1) is 16.6. The zero-order valence-electron chi connectivity index (χ0n) is 13.7. The van der Waals surface area contributed by atoms with Crippen LogP contribution in [0.3, 0.4) is 0 Å². The molecule has 0 unspecified atom stereocenters. The van der Waals surface area contributed by atoms with Crippen molar-refractivity contribution in [2.24, 2.45) is 5.92 Å².